The molecular formula is C15H14BrNO3. The molecule has 2 rings (SSSR count). The molecule has 104 valence electrons. The fourth-order valence-electron chi connectivity index (χ4n) is 1.81. The molecule has 2 N–H and O–H groups in total. The number of halogens is 1. The number of methoxy groups -OCH3 is 1. The molecule has 0 saturated carbocycles. The zero-order valence-electron chi connectivity index (χ0n) is 11.1. The fraction of sp³-hybridized carbons (Fsp3) is 0.133. The van der Waals surface area contributed by atoms with Crippen molar-refractivity contribution >= 4 is 27.5 Å². The molecule has 0 atom stereocenters. The molecule has 2 aromatic rings. The van der Waals surface area contributed by atoms with Gasteiger partial charge < -0.3 is 15.2 Å². The van der Waals surface area contributed by atoms with Crippen LogP contribution in [-0.4, -0.2) is 18.1 Å². The molecule has 0 heterocycles. The maximum Gasteiger partial charge on any atom is 0.256 e. The van der Waals surface area contributed by atoms with Gasteiger partial charge in [-0.2, -0.15) is 0 Å². The second-order valence-corrected chi connectivity index (χ2v) is 5.11. The fourth-order valence-corrected chi connectivity index (χ4v) is 2.35. The van der Waals surface area contributed by atoms with Crippen LogP contribution in [0.2, 0.25) is 0 Å². The normalized spacial score (nSPS) is 10.2. The van der Waals surface area contributed by atoms with Gasteiger partial charge >= 0.3 is 0 Å². The number of ether oxygens (including phenoxy) is 1. The van der Waals surface area contributed by atoms with Crippen molar-refractivity contribution in [1.82, 2.24) is 0 Å². The Kier molecular flexibility index (Phi) is 4.29. The van der Waals surface area contributed by atoms with E-state index in [2.05, 4.69) is 21.2 Å². The van der Waals surface area contributed by atoms with Gasteiger partial charge in [0.2, 0.25) is 0 Å². The number of hydrogen-bond donors (Lipinski definition) is 2. The zero-order valence-corrected chi connectivity index (χ0v) is 12.7. The van der Waals surface area contributed by atoms with Crippen molar-refractivity contribution in [3.8, 4) is 11.5 Å². The van der Waals surface area contributed by atoms with Gasteiger partial charge in [0.05, 0.1) is 11.6 Å². The summed E-state index contributed by atoms with van der Waals surface area (Å²) in [6.07, 6.45) is 0. The second-order valence-electron chi connectivity index (χ2n) is 4.25. The van der Waals surface area contributed by atoms with Gasteiger partial charge in [-0.05, 0) is 53.2 Å². The van der Waals surface area contributed by atoms with E-state index in [1.54, 1.807) is 50.4 Å². The lowest BCUT2D eigenvalue weighted by Gasteiger charge is -2.10. The number of phenolic OH excluding ortho intramolecular Hbond substituents is 1. The summed E-state index contributed by atoms with van der Waals surface area (Å²) in [7, 11) is 1.58. The number of rotatable bonds is 3. The molecule has 5 heteroatoms. The average Bonchev–Trinajstić information content (AvgIpc) is 2.42. The highest BCUT2D eigenvalue weighted by atomic mass is 79.9. The number of nitrogens with one attached hydrogen (secondary N) is 1. The minimum Gasteiger partial charge on any atom is -0.508 e. The summed E-state index contributed by atoms with van der Waals surface area (Å²) in [5.74, 6) is 0.528. The quantitative estimate of drug-likeness (QED) is 0.898. The molecule has 0 aliphatic heterocycles. The highest BCUT2D eigenvalue weighted by molar-refractivity contribution is 9.10. The molecule has 0 unspecified atom stereocenters. The highest BCUT2D eigenvalue weighted by Gasteiger charge is 2.12. The smallest absolute Gasteiger partial charge is 0.256 e. The largest absolute Gasteiger partial charge is 0.508 e. The third kappa shape index (κ3) is 2.93. The van der Waals surface area contributed by atoms with E-state index in [-0.39, 0.29) is 11.7 Å². The van der Waals surface area contributed by atoms with Crippen LogP contribution < -0.4 is 10.1 Å². The minimum atomic E-state index is -0.268. The molecule has 0 spiro atoms. The third-order valence-corrected chi connectivity index (χ3v) is 3.58. The molecule has 0 aliphatic rings. The molecule has 0 fully saturated rings. The monoisotopic (exact) mass is 335 g/mol. The van der Waals surface area contributed by atoms with E-state index in [1.165, 1.54) is 0 Å². The van der Waals surface area contributed by atoms with Gasteiger partial charge in [0.15, 0.2) is 0 Å². The highest BCUT2D eigenvalue weighted by Crippen LogP contribution is 2.28. The van der Waals surface area contributed by atoms with Gasteiger partial charge in [-0.3, -0.25) is 4.79 Å². The van der Waals surface area contributed by atoms with Gasteiger partial charge in [0.25, 0.3) is 5.91 Å². The topological polar surface area (TPSA) is 58.6 Å². The lowest BCUT2D eigenvalue weighted by atomic mass is 10.1. The molecule has 0 bridgehead atoms. The van der Waals surface area contributed by atoms with Crippen LogP contribution in [0, 0.1) is 6.92 Å². The van der Waals surface area contributed by atoms with Crippen LogP contribution in [0.3, 0.4) is 0 Å². The van der Waals surface area contributed by atoms with Crippen LogP contribution in [0.5, 0.6) is 11.5 Å². The van der Waals surface area contributed by atoms with E-state index in [4.69, 9.17) is 4.74 Å². The molecule has 2 aromatic carbocycles. The van der Waals surface area contributed by atoms with Crippen molar-refractivity contribution in [2.24, 2.45) is 0 Å². The van der Waals surface area contributed by atoms with Gasteiger partial charge in [-0.1, -0.05) is 6.07 Å². The summed E-state index contributed by atoms with van der Waals surface area (Å²) in [6.45, 7) is 1.70. The number of hydrogen-bond acceptors (Lipinski definition) is 3. The van der Waals surface area contributed by atoms with Gasteiger partial charge in [0.1, 0.15) is 11.5 Å². The van der Waals surface area contributed by atoms with Crippen molar-refractivity contribution in [1.29, 1.82) is 0 Å². The van der Waals surface area contributed by atoms with Gasteiger partial charge in [0, 0.05) is 16.8 Å². The van der Waals surface area contributed by atoms with Crippen LogP contribution in [0.15, 0.2) is 40.9 Å². The number of carbonyl (C=O) groups excluding carboxylic acids is 1. The summed E-state index contributed by atoms with van der Waals surface area (Å²) in [6, 6.07) is 10.1. The Bertz CT molecular complexity index is 656. The number of amides is 1. The minimum absolute atomic E-state index is 0.105. The summed E-state index contributed by atoms with van der Waals surface area (Å²) < 4.78 is 5.89. The first-order valence-corrected chi connectivity index (χ1v) is 6.75. The SMILES string of the molecule is COc1ccc(NC(=O)c2cccc(O)c2C)cc1Br. The van der Waals surface area contributed by atoms with Gasteiger partial charge in [-0.15, -0.1) is 0 Å². The van der Waals surface area contributed by atoms with Crippen LogP contribution in [0.25, 0.3) is 0 Å². The summed E-state index contributed by atoms with van der Waals surface area (Å²) in [4.78, 5) is 12.2. The second kappa shape index (κ2) is 5.96. The van der Waals surface area contributed by atoms with Crippen molar-refractivity contribution in [2.45, 2.75) is 6.92 Å². The lowest BCUT2D eigenvalue weighted by Crippen LogP contribution is -2.13. The first kappa shape index (κ1) is 14.4. The summed E-state index contributed by atoms with van der Waals surface area (Å²) in [5.41, 5.74) is 1.64. The third-order valence-electron chi connectivity index (χ3n) is 2.96. The molecule has 1 amide bonds. The van der Waals surface area contributed by atoms with Crippen molar-refractivity contribution in [2.75, 3.05) is 12.4 Å². The number of phenols is 1. The van der Waals surface area contributed by atoms with E-state index in [0.717, 1.165) is 4.47 Å². The van der Waals surface area contributed by atoms with Crippen molar-refractivity contribution in [3.05, 3.63) is 52.0 Å². The molecular weight excluding hydrogens is 322 g/mol. The van der Waals surface area contributed by atoms with Crippen LogP contribution in [0.1, 0.15) is 15.9 Å². The Morgan fingerprint density at radius 1 is 1.30 bits per heavy atom. The van der Waals surface area contributed by atoms with E-state index in [9.17, 15) is 9.90 Å². The predicted molar refractivity (Wildman–Crippen MR) is 81.5 cm³/mol. The Morgan fingerprint density at radius 3 is 2.70 bits per heavy atom. The molecule has 20 heavy (non-hydrogen) atoms. The molecule has 0 saturated heterocycles. The van der Waals surface area contributed by atoms with Gasteiger partial charge in [-0.25, -0.2) is 0 Å². The van der Waals surface area contributed by atoms with E-state index in [1.807, 2.05) is 0 Å². The van der Waals surface area contributed by atoms with E-state index >= 15 is 0 Å². The summed E-state index contributed by atoms with van der Waals surface area (Å²) >= 11 is 3.36. The van der Waals surface area contributed by atoms with Crippen LogP contribution in [0.4, 0.5) is 5.69 Å². The standard InChI is InChI=1S/C15H14BrNO3/c1-9-11(4-3-5-13(9)18)15(19)17-10-6-7-14(20-2)12(16)8-10/h3-8,18H,1-2H3,(H,17,19). The first-order valence-electron chi connectivity index (χ1n) is 5.96. The lowest BCUT2D eigenvalue weighted by molar-refractivity contribution is 0.102. The van der Waals surface area contributed by atoms with E-state index in [0.29, 0.717) is 22.6 Å². The number of benzene rings is 2. The van der Waals surface area contributed by atoms with Crippen LogP contribution >= 0.6 is 15.9 Å². The molecule has 0 aliphatic carbocycles. The zero-order chi connectivity index (χ0) is 14.7. The number of carbonyl (C=O) groups is 1. The maximum absolute atomic E-state index is 12.2. The van der Waals surface area contributed by atoms with Crippen LogP contribution in [-0.2, 0) is 0 Å². The summed E-state index contributed by atoms with van der Waals surface area (Å²) in [5, 5.41) is 12.4. The molecule has 0 aromatic heterocycles. The predicted octanol–water partition coefficient (Wildman–Crippen LogP) is 3.72. The number of anilines is 1. The Balaban J connectivity index is 2.24. The first-order chi connectivity index (χ1) is 9.52. The molecule has 0 radical (unpaired) electrons. The van der Waals surface area contributed by atoms with Crippen molar-refractivity contribution < 1.29 is 14.6 Å². The van der Waals surface area contributed by atoms with E-state index < -0.39 is 0 Å². The maximum atomic E-state index is 12.2. The Labute approximate surface area is 125 Å². The molecule has 4 nitrogen and oxygen atoms in total. The van der Waals surface area contributed by atoms with Crippen molar-refractivity contribution in [3.63, 3.8) is 0 Å². The Hall–Kier alpha value is -2.01. The Morgan fingerprint density at radius 2 is 2.05 bits per heavy atom. The number of aromatic hydroxyl groups is 1. The average molecular weight is 336 g/mol.